The van der Waals surface area contributed by atoms with Crippen LogP contribution in [0.2, 0.25) is 0 Å². The molecule has 1 atom stereocenters. The second-order valence-corrected chi connectivity index (χ2v) is 6.61. The minimum absolute atomic E-state index is 0.0325. The Bertz CT molecular complexity index is 489. The number of alkyl carbamates (subject to hydrolysis) is 1. The highest BCUT2D eigenvalue weighted by atomic mass is 16.5. The van der Waals surface area contributed by atoms with Gasteiger partial charge in [0.15, 0.2) is 0 Å². The summed E-state index contributed by atoms with van der Waals surface area (Å²) in [5.41, 5.74) is 0.941. The summed E-state index contributed by atoms with van der Waals surface area (Å²) in [7, 11) is 0. The van der Waals surface area contributed by atoms with Gasteiger partial charge in [-0.2, -0.15) is 0 Å². The summed E-state index contributed by atoms with van der Waals surface area (Å²) >= 11 is 0. The molecular weight excluding hydrogens is 304 g/mol. The average Bonchev–Trinajstić information content (AvgIpc) is 2.55. The number of rotatable bonds is 10. The molecule has 0 aliphatic rings. The zero-order chi connectivity index (χ0) is 17.8. The number of benzene rings is 1. The second kappa shape index (κ2) is 11.5. The summed E-state index contributed by atoms with van der Waals surface area (Å²) in [4.78, 5) is 23.3. The van der Waals surface area contributed by atoms with Crippen molar-refractivity contribution in [2.75, 3.05) is 13.1 Å². The maximum Gasteiger partial charge on any atom is 0.407 e. The molecule has 0 aliphatic heterocycles. The Morgan fingerprint density at radius 2 is 1.71 bits per heavy atom. The van der Waals surface area contributed by atoms with Gasteiger partial charge in [-0.05, 0) is 30.2 Å². The molecule has 1 aromatic carbocycles. The van der Waals surface area contributed by atoms with E-state index < -0.39 is 6.09 Å². The number of hydrogen-bond donors (Lipinski definition) is 2. The van der Waals surface area contributed by atoms with Crippen molar-refractivity contribution in [3.8, 4) is 0 Å². The molecule has 1 rings (SSSR count). The Hall–Kier alpha value is -2.04. The molecule has 0 fully saturated rings. The van der Waals surface area contributed by atoms with Gasteiger partial charge in [-0.15, -0.1) is 0 Å². The molecule has 1 aromatic rings. The fourth-order valence-corrected chi connectivity index (χ4v) is 2.53. The van der Waals surface area contributed by atoms with Crippen LogP contribution in [0.3, 0.4) is 0 Å². The van der Waals surface area contributed by atoms with Gasteiger partial charge in [0, 0.05) is 19.5 Å². The van der Waals surface area contributed by atoms with Gasteiger partial charge in [0.25, 0.3) is 0 Å². The average molecular weight is 334 g/mol. The number of carbonyl (C=O) groups excluding carboxylic acids is 2. The van der Waals surface area contributed by atoms with Crippen LogP contribution in [0, 0.1) is 11.8 Å². The fourth-order valence-electron chi connectivity index (χ4n) is 2.53. The number of hydrogen-bond acceptors (Lipinski definition) is 3. The van der Waals surface area contributed by atoms with Crippen molar-refractivity contribution in [2.45, 2.75) is 46.6 Å². The maximum absolute atomic E-state index is 11.7. The molecule has 5 nitrogen and oxygen atoms in total. The molecule has 0 aliphatic carbocycles. The standard InChI is InChI=1S/C19H30N2O3/c1-15(2)13-16(3)9-10-18(22)20-11-12-21-19(23)24-14-17-7-5-4-6-8-17/h4-8,15-16H,9-14H2,1-3H3,(H,20,22)(H,21,23). The molecule has 0 aromatic heterocycles. The van der Waals surface area contributed by atoms with Crippen LogP contribution >= 0.6 is 0 Å². The zero-order valence-corrected chi connectivity index (χ0v) is 15.0. The van der Waals surface area contributed by atoms with Gasteiger partial charge in [0.2, 0.25) is 5.91 Å². The Balaban J connectivity index is 2.04. The SMILES string of the molecule is CC(C)CC(C)CCC(=O)NCCNC(=O)OCc1ccccc1. The molecule has 0 heterocycles. The van der Waals surface area contributed by atoms with Crippen molar-refractivity contribution >= 4 is 12.0 Å². The predicted molar refractivity (Wildman–Crippen MR) is 95.5 cm³/mol. The largest absolute Gasteiger partial charge is 0.445 e. The quantitative estimate of drug-likeness (QED) is 0.644. The number of amides is 2. The summed E-state index contributed by atoms with van der Waals surface area (Å²) in [6, 6.07) is 9.50. The molecular formula is C19H30N2O3. The number of ether oxygens (including phenoxy) is 1. The van der Waals surface area contributed by atoms with E-state index in [0.29, 0.717) is 31.3 Å². The topological polar surface area (TPSA) is 67.4 Å². The molecule has 24 heavy (non-hydrogen) atoms. The lowest BCUT2D eigenvalue weighted by Gasteiger charge is -2.13. The summed E-state index contributed by atoms with van der Waals surface area (Å²) in [6.45, 7) is 7.58. The van der Waals surface area contributed by atoms with Crippen molar-refractivity contribution in [1.29, 1.82) is 0 Å². The lowest BCUT2D eigenvalue weighted by molar-refractivity contribution is -0.121. The molecule has 1 unspecified atom stereocenters. The first-order valence-corrected chi connectivity index (χ1v) is 8.68. The Labute approximate surface area is 145 Å². The zero-order valence-electron chi connectivity index (χ0n) is 15.0. The maximum atomic E-state index is 11.7. The van der Waals surface area contributed by atoms with E-state index >= 15 is 0 Å². The molecule has 2 N–H and O–H groups in total. The van der Waals surface area contributed by atoms with E-state index in [0.717, 1.165) is 18.4 Å². The third kappa shape index (κ3) is 9.87. The minimum atomic E-state index is -0.473. The van der Waals surface area contributed by atoms with E-state index in [2.05, 4.69) is 31.4 Å². The third-order valence-electron chi connectivity index (χ3n) is 3.67. The summed E-state index contributed by atoms with van der Waals surface area (Å²) in [5.74, 6) is 1.25. The van der Waals surface area contributed by atoms with Gasteiger partial charge in [-0.1, -0.05) is 51.1 Å². The van der Waals surface area contributed by atoms with Gasteiger partial charge >= 0.3 is 6.09 Å². The lowest BCUT2D eigenvalue weighted by Crippen LogP contribution is -2.35. The van der Waals surface area contributed by atoms with Crippen LogP contribution in [-0.4, -0.2) is 25.1 Å². The van der Waals surface area contributed by atoms with E-state index in [1.165, 1.54) is 0 Å². The van der Waals surface area contributed by atoms with Crippen LogP contribution in [0.5, 0.6) is 0 Å². The van der Waals surface area contributed by atoms with Crippen LogP contribution in [-0.2, 0) is 16.1 Å². The van der Waals surface area contributed by atoms with E-state index in [1.54, 1.807) is 0 Å². The van der Waals surface area contributed by atoms with Crippen LogP contribution in [0.15, 0.2) is 30.3 Å². The van der Waals surface area contributed by atoms with E-state index in [9.17, 15) is 9.59 Å². The third-order valence-corrected chi connectivity index (χ3v) is 3.67. The summed E-state index contributed by atoms with van der Waals surface area (Å²) in [5, 5.41) is 5.43. The number of nitrogens with one attached hydrogen (secondary N) is 2. The number of carbonyl (C=O) groups is 2. The summed E-state index contributed by atoms with van der Waals surface area (Å²) in [6.07, 6.45) is 2.10. The first-order valence-electron chi connectivity index (χ1n) is 8.68. The van der Waals surface area contributed by atoms with Crippen LogP contribution in [0.1, 0.15) is 45.6 Å². The highest BCUT2D eigenvalue weighted by Crippen LogP contribution is 2.15. The molecule has 0 bridgehead atoms. The molecule has 0 saturated carbocycles. The van der Waals surface area contributed by atoms with Crippen molar-refractivity contribution in [3.05, 3.63) is 35.9 Å². The van der Waals surface area contributed by atoms with E-state index in [1.807, 2.05) is 30.3 Å². The normalized spacial score (nSPS) is 11.8. The molecule has 0 spiro atoms. The highest BCUT2D eigenvalue weighted by molar-refractivity contribution is 5.75. The van der Waals surface area contributed by atoms with Gasteiger partial charge in [0.1, 0.15) is 6.61 Å². The molecule has 2 amide bonds. The Morgan fingerprint density at radius 1 is 1.04 bits per heavy atom. The molecule has 0 saturated heterocycles. The van der Waals surface area contributed by atoms with Crippen LogP contribution in [0.25, 0.3) is 0 Å². The fraction of sp³-hybridized carbons (Fsp3) is 0.579. The Kier molecular flexibility index (Phi) is 9.58. The Morgan fingerprint density at radius 3 is 2.38 bits per heavy atom. The van der Waals surface area contributed by atoms with Gasteiger partial charge < -0.3 is 15.4 Å². The van der Waals surface area contributed by atoms with Crippen LogP contribution < -0.4 is 10.6 Å². The minimum Gasteiger partial charge on any atom is -0.445 e. The molecule has 134 valence electrons. The van der Waals surface area contributed by atoms with Crippen molar-refractivity contribution in [1.82, 2.24) is 10.6 Å². The first kappa shape index (κ1) is 20.0. The van der Waals surface area contributed by atoms with Crippen LogP contribution in [0.4, 0.5) is 4.79 Å². The first-order chi connectivity index (χ1) is 11.5. The summed E-state index contributed by atoms with van der Waals surface area (Å²) < 4.78 is 5.09. The highest BCUT2D eigenvalue weighted by Gasteiger charge is 2.08. The van der Waals surface area contributed by atoms with Gasteiger partial charge in [-0.25, -0.2) is 4.79 Å². The van der Waals surface area contributed by atoms with Gasteiger partial charge in [0.05, 0.1) is 0 Å². The van der Waals surface area contributed by atoms with Crippen molar-refractivity contribution in [3.63, 3.8) is 0 Å². The lowest BCUT2D eigenvalue weighted by atomic mass is 9.95. The molecule has 0 radical (unpaired) electrons. The second-order valence-electron chi connectivity index (χ2n) is 6.61. The van der Waals surface area contributed by atoms with E-state index in [-0.39, 0.29) is 12.5 Å². The molecule has 5 heteroatoms. The monoisotopic (exact) mass is 334 g/mol. The van der Waals surface area contributed by atoms with Crippen molar-refractivity contribution < 1.29 is 14.3 Å². The predicted octanol–water partition coefficient (Wildman–Crippen LogP) is 3.49. The van der Waals surface area contributed by atoms with E-state index in [4.69, 9.17) is 4.74 Å². The van der Waals surface area contributed by atoms with Gasteiger partial charge in [-0.3, -0.25) is 4.79 Å². The van der Waals surface area contributed by atoms with Crippen molar-refractivity contribution in [2.24, 2.45) is 11.8 Å². The smallest absolute Gasteiger partial charge is 0.407 e.